The summed E-state index contributed by atoms with van der Waals surface area (Å²) in [7, 11) is 1.50. The van der Waals surface area contributed by atoms with Gasteiger partial charge in [-0.2, -0.15) is 0 Å². The SMILES string of the molecule is CCCNC(=O)CN(C)c1c(F)cc(CNCC)cc1F. The number of halogens is 2. The molecule has 0 bridgehead atoms. The molecule has 0 spiro atoms. The second-order valence-electron chi connectivity index (χ2n) is 4.89. The molecule has 1 amide bonds. The molecule has 0 fully saturated rings. The minimum atomic E-state index is -0.659. The predicted octanol–water partition coefficient (Wildman–Crippen LogP) is 2.04. The van der Waals surface area contributed by atoms with Gasteiger partial charge in [-0.05, 0) is 30.7 Å². The monoisotopic (exact) mass is 299 g/mol. The maximum atomic E-state index is 14.0. The Morgan fingerprint density at radius 3 is 2.38 bits per heavy atom. The Morgan fingerprint density at radius 1 is 1.24 bits per heavy atom. The number of likely N-dealkylation sites (N-methyl/N-ethyl adjacent to an activating group) is 1. The lowest BCUT2D eigenvalue weighted by Gasteiger charge is -2.20. The molecule has 1 rings (SSSR count). The Kier molecular flexibility index (Phi) is 7.08. The zero-order valence-electron chi connectivity index (χ0n) is 12.8. The zero-order valence-corrected chi connectivity index (χ0v) is 12.8. The van der Waals surface area contributed by atoms with Gasteiger partial charge in [0.05, 0.1) is 6.54 Å². The molecule has 2 N–H and O–H groups in total. The first kappa shape index (κ1) is 17.4. The Bertz CT molecular complexity index is 457. The zero-order chi connectivity index (χ0) is 15.8. The molecule has 0 aliphatic rings. The highest BCUT2D eigenvalue weighted by Crippen LogP contribution is 2.24. The first-order valence-corrected chi connectivity index (χ1v) is 7.16. The van der Waals surface area contributed by atoms with Crippen LogP contribution in [0.25, 0.3) is 0 Å². The van der Waals surface area contributed by atoms with Gasteiger partial charge in [0.15, 0.2) is 0 Å². The molecule has 0 aromatic heterocycles. The summed E-state index contributed by atoms with van der Waals surface area (Å²) >= 11 is 0. The fourth-order valence-electron chi connectivity index (χ4n) is 1.97. The van der Waals surface area contributed by atoms with E-state index in [9.17, 15) is 13.6 Å². The van der Waals surface area contributed by atoms with Crippen molar-refractivity contribution in [2.24, 2.45) is 0 Å². The molecule has 0 saturated carbocycles. The lowest BCUT2D eigenvalue weighted by molar-refractivity contribution is -0.119. The second-order valence-corrected chi connectivity index (χ2v) is 4.89. The highest BCUT2D eigenvalue weighted by Gasteiger charge is 2.17. The number of carbonyl (C=O) groups is 1. The molecule has 0 heterocycles. The van der Waals surface area contributed by atoms with Crippen LogP contribution in [0.5, 0.6) is 0 Å². The van der Waals surface area contributed by atoms with E-state index in [1.54, 1.807) is 0 Å². The van der Waals surface area contributed by atoms with Crippen molar-refractivity contribution in [3.05, 3.63) is 29.3 Å². The highest BCUT2D eigenvalue weighted by atomic mass is 19.1. The van der Waals surface area contributed by atoms with Gasteiger partial charge in [0, 0.05) is 20.1 Å². The van der Waals surface area contributed by atoms with E-state index < -0.39 is 11.6 Å². The summed E-state index contributed by atoms with van der Waals surface area (Å²) in [5, 5.41) is 5.69. The molecular weight excluding hydrogens is 276 g/mol. The number of carbonyl (C=O) groups excluding carboxylic acids is 1. The van der Waals surface area contributed by atoms with Gasteiger partial charge in [0.25, 0.3) is 0 Å². The summed E-state index contributed by atoms with van der Waals surface area (Å²) in [6, 6.07) is 2.59. The van der Waals surface area contributed by atoms with Crippen molar-refractivity contribution in [3.8, 4) is 0 Å². The minimum absolute atomic E-state index is 0.0829. The molecular formula is C15H23F2N3O. The lowest BCUT2D eigenvalue weighted by atomic mass is 10.1. The molecule has 0 radical (unpaired) electrons. The molecule has 0 saturated heterocycles. The first-order valence-electron chi connectivity index (χ1n) is 7.16. The van der Waals surface area contributed by atoms with Crippen molar-refractivity contribution >= 4 is 11.6 Å². The Labute approximate surface area is 124 Å². The summed E-state index contributed by atoms with van der Waals surface area (Å²) in [5.74, 6) is -1.57. The van der Waals surface area contributed by atoms with E-state index >= 15 is 0 Å². The molecule has 0 aliphatic heterocycles. The van der Waals surface area contributed by atoms with Crippen molar-refractivity contribution < 1.29 is 13.6 Å². The number of amides is 1. The Morgan fingerprint density at radius 2 is 1.86 bits per heavy atom. The molecule has 0 aliphatic carbocycles. The number of nitrogens with zero attached hydrogens (tertiary/aromatic N) is 1. The van der Waals surface area contributed by atoms with Crippen LogP contribution < -0.4 is 15.5 Å². The lowest BCUT2D eigenvalue weighted by Crippen LogP contribution is -2.36. The number of hydrogen-bond donors (Lipinski definition) is 2. The van der Waals surface area contributed by atoms with E-state index in [0.717, 1.165) is 13.0 Å². The van der Waals surface area contributed by atoms with Gasteiger partial charge in [-0.15, -0.1) is 0 Å². The van der Waals surface area contributed by atoms with Crippen LogP contribution in [0.3, 0.4) is 0 Å². The third-order valence-corrected chi connectivity index (χ3v) is 2.99. The van der Waals surface area contributed by atoms with Gasteiger partial charge in [-0.3, -0.25) is 4.79 Å². The Balaban J connectivity index is 2.79. The van der Waals surface area contributed by atoms with E-state index in [4.69, 9.17) is 0 Å². The molecule has 0 unspecified atom stereocenters. The first-order chi connectivity index (χ1) is 9.99. The average molecular weight is 299 g/mol. The summed E-state index contributed by atoms with van der Waals surface area (Å²) < 4.78 is 28.1. The normalized spacial score (nSPS) is 10.5. The van der Waals surface area contributed by atoms with E-state index in [-0.39, 0.29) is 18.1 Å². The van der Waals surface area contributed by atoms with Crippen molar-refractivity contribution in [2.75, 3.05) is 31.6 Å². The summed E-state index contributed by atoms with van der Waals surface area (Å²) in [5.41, 5.74) is 0.362. The maximum absolute atomic E-state index is 14.0. The van der Waals surface area contributed by atoms with Crippen LogP contribution in [-0.2, 0) is 11.3 Å². The van der Waals surface area contributed by atoms with Gasteiger partial charge >= 0.3 is 0 Å². The van der Waals surface area contributed by atoms with Gasteiger partial charge in [0.2, 0.25) is 5.91 Å². The van der Waals surface area contributed by atoms with Crippen LogP contribution in [0, 0.1) is 11.6 Å². The third kappa shape index (κ3) is 5.30. The van der Waals surface area contributed by atoms with E-state index in [2.05, 4.69) is 10.6 Å². The van der Waals surface area contributed by atoms with E-state index in [1.165, 1.54) is 24.1 Å². The average Bonchev–Trinajstić information content (AvgIpc) is 2.42. The Hall–Kier alpha value is -1.69. The summed E-state index contributed by atoms with van der Waals surface area (Å²) in [4.78, 5) is 12.9. The van der Waals surface area contributed by atoms with E-state index in [1.807, 2.05) is 13.8 Å². The van der Waals surface area contributed by atoms with Crippen molar-refractivity contribution in [2.45, 2.75) is 26.8 Å². The number of nitrogens with one attached hydrogen (secondary N) is 2. The van der Waals surface area contributed by atoms with Crippen LogP contribution in [0.1, 0.15) is 25.8 Å². The maximum Gasteiger partial charge on any atom is 0.239 e. The molecule has 118 valence electrons. The number of hydrogen-bond acceptors (Lipinski definition) is 3. The van der Waals surface area contributed by atoms with Crippen LogP contribution >= 0.6 is 0 Å². The van der Waals surface area contributed by atoms with E-state index in [0.29, 0.717) is 18.7 Å². The molecule has 4 nitrogen and oxygen atoms in total. The van der Waals surface area contributed by atoms with Crippen molar-refractivity contribution in [3.63, 3.8) is 0 Å². The largest absolute Gasteiger partial charge is 0.361 e. The van der Waals surface area contributed by atoms with Crippen LogP contribution in [0.15, 0.2) is 12.1 Å². The summed E-state index contributed by atoms with van der Waals surface area (Å²) in [6.07, 6.45) is 0.817. The van der Waals surface area contributed by atoms with Crippen molar-refractivity contribution in [1.82, 2.24) is 10.6 Å². The van der Waals surface area contributed by atoms with Crippen LogP contribution in [-0.4, -0.2) is 32.6 Å². The quantitative estimate of drug-likeness (QED) is 0.772. The molecule has 21 heavy (non-hydrogen) atoms. The highest BCUT2D eigenvalue weighted by molar-refractivity contribution is 5.81. The second kappa shape index (κ2) is 8.56. The number of anilines is 1. The third-order valence-electron chi connectivity index (χ3n) is 2.99. The minimum Gasteiger partial charge on any atom is -0.361 e. The topological polar surface area (TPSA) is 44.4 Å². The summed E-state index contributed by atoms with van der Waals surface area (Å²) in [6.45, 7) is 5.46. The van der Waals surface area contributed by atoms with Crippen molar-refractivity contribution in [1.29, 1.82) is 0 Å². The predicted molar refractivity (Wildman–Crippen MR) is 80.3 cm³/mol. The van der Waals surface area contributed by atoms with Gasteiger partial charge in [0.1, 0.15) is 17.3 Å². The number of rotatable bonds is 8. The van der Waals surface area contributed by atoms with Gasteiger partial charge < -0.3 is 15.5 Å². The fraction of sp³-hybridized carbons (Fsp3) is 0.533. The molecule has 1 aromatic carbocycles. The van der Waals surface area contributed by atoms with Crippen LogP contribution in [0.2, 0.25) is 0 Å². The molecule has 6 heteroatoms. The standard InChI is InChI=1S/C15H23F2N3O/c1-4-6-19-14(21)10-20(3)15-12(16)7-11(8-13(15)17)9-18-5-2/h7-8,18H,4-6,9-10H2,1-3H3,(H,19,21). The fourth-order valence-corrected chi connectivity index (χ4v) is 1.97. The smallest absolute Gasteiger partial charge is 0.239 e. The number of benzene rings is 1. The van der Waals surface area contributed by atoms with Crippen LogP contribution in [0.4, 0.5) is 14.5 Å². The molecule has 0 atom stereocenters. The molecule has 1 aromatic rings. The van der Waals surface area contributed by atoms with Gasteiger partial charge in [-0.1, -0.05) is 13.8 Å². The van der Waals surface area contributed by atoms with Gasteiger partial charge in [-0.25, -0.2) is 8.78 Å².